The molecule has 8 nitrogen and oxygen atoms in total. The summed E-state index contributed by atoms with van der Waals surface area (Å²) in [5.74, 6) is 1.32. The van der Waals surface area contributed by atoms with Crippen LogP contribution < -0.4 is 14.8 Å². The Labute approximate surface area is 174 Å². The molecule has 0 radical (unpaired) electrons. The SMILES string of the molecule is COc1ccc([C@H]2C(C(=O)OCc3ccccc3)=C(C)Nc3ncnn32)c(OC)c1. The van der Waals surface area contributed by atoms with E-state index in [4.69, 9.17) is 14.2 Å². The fourth-order valence-corrected chi connectivity index (χ4v) is 3.49. The number of ether oxygens (including phenoxy) is 3. The number of fused-ring (bicyclic) bond motifs is 1. The molecule has 0 spiro atoms. The lowest BCUT2D eigenvalue weighted by atomic mass is 9.95. The Bertz CT molecular complexity index is 1090. The minimum absolute atomic E-state index is 0.174. The van der Waals surface area contributed by atoms with Crippen molar-refractivity contribution >= 4 is 11.9 Å². The van der Waals surface area contributed by atoms with Crippen molar-refractivity contribution in [1.29, 1.82) is 0 Å². The molecule has 0 saturated heterocycles. The Morgan fingerprint density at radius 3 is 2.67 bits per heavy atom. The van der Waals surface area contributed by atoms with Gasteiger partial charge >= 0.3 is 5.97 Å². The molecule has 154 valence electrons. The van der Waals surface area contributed by atoms with Crippen molar-refractivity contribution in [3.63, 3.8) is 0 Å². The van der Waals surface area contributed by atoms with Crippen molar-refractivity contribution in [3.8, 4) is 11.5 Å². The van der Waals surface area contributed by atoms with Crippen LogP contribution in [0.25, 0.3) is 0 Å². The fraction of sp³-hybridized carbons (Fsp3) is 0.227. The van der Waals surface area contributed by atoms with Gasteiger partial charge in [0.2, 0.25) is 5.95 Å². The first-order valence-electron chi connectivity index (χ1n) is 9.42. The van der Waals surface area contributed by atoms with Crippen molar-refractivity contribution < 1.29 is 19.0 Å². The molecule has 30 heavy (non-hydrogen) atoms. The molecule has 0 aliphatic carbocycles. The third-order valence-corrected chi connectivity index (χ3v) is 4.96. The van der Waals surface area contributed by atoms with Gasteiger partial charge in [-0.3, -0.25) is 0 Å². The number of carbonyl (C=O) groups excluding carboxylic acids is 1. The average molecular weight is 406 g/mol. The standard InChI is InChI=1S/C22H22N4O4/c1-14-19(21(27)30-12-15-7-5-4-6-8-15)20(26-22(25-14)23-13-24-26)17-10-9-16(28-2)11-18(17)29-3/h4-11,13,20H,12H2,1-3H3,(H,23,24,25)/t20-/m0/s1. The van der Waals surface area contributed by atoms with E-state index in [0.717, 1.165) is 11.1 Å². The van der Waals surface area contributed by atoms with Gasteiger partial charge in [-0.15, -0.1) is 0 Å². The first-order chi connectivity index (χ1) is 14.6. The molecule has 0 amide bonds. The Hall–Kier alpha value is -3.81. The average Bonchev–Trinajstić information content (AvgIpc) is 3.24. The number of anilines is 1. The van der Waals surface area contributed by atoms with Crippen molar-refractivity contribution in [2.24, 2.45) is 0 Å². The van der Waals surface area contributed by atoms with E-state index in [2.05, 4.69) is 15.4 Å². The Kier molecular flexibility index (Phi) is 5.38. The predicted octanol–water partition coefficient (Wildman–Crippen LogP) is 3.33. The maximum Gasteiger partial charge on any atom is 0.338 e. The van der Waals surface area contributed by atoms with E-state index in [0.29, 0.717) is 28.7 Å². The van der Waals surface area contributed by atoms with Gasteiger partial charge in [0.1, 0.15) is 30.5 Å². The number of rotatable bonds is 6. The van der Waals surface area contributed by atoms with Gasteiger partial charge in [-0.1, -0.05) is 30.3 Å². The van der Waals surface area contributed by atoms with Crippen LogP contribution in [0.3, 0.4) is 0 Å². The third-order valence-electron chi connectivity index (χ3n) is 4.96. The van der Waals surface area contributed by atoms with Crippen molar-refractivity contribution in [2.75, 3.05) is 19.5 Å². The fourth-order valence-electron chi connectivity index (χ4n) is 3.49. The number of nitrogens with zero attached hydrogens (tertiary/aromatic N) is 3. The van der Waals surface area contributed by atoms with Crippen molar-refractivity contribution in [1.82, 2.24) is 14.8 Å². The molecule has 3 aromatic rings. The lowest BCUT2D eigenvalue weighted by Gasteiger charge is -2.29. The van der Waals surface area contributed by atoms with Crippen molar-refractivity contribution in [3.05, 3.63) is 77.3 Å². The number of hydrogen-bond acceptors (Lipinski definition) is 7. The van der Waals surface area contributed by atoms with Crippen LogP contribution in [0.1, 0.15) is 24.1 Å². The monoisotopic (exact) mass is 406 g/mol. The third kappa shape index (κ3) is 3.59. The second-order valence-corrected chi connectivity index (χ2v) is 6.76. The second kappa shape index (κ2) is 8.28. The number of aromatic nitrogens is 3. The lowest BCUT2D eigenvalue weighted by molar-refractivity contribution is -0.140. The number of hydrogen-bond donors (Lipinski definition) is 1. The van der Waals surface area contributed by atoms with Crippen LogP contribution in [0.15, 0.2) is 66.1 Å². The van der Waals surface area contributed by atoms with Gasteiger partial charge < -0.3 is 19.5 Å². The van der Waals surface area contributed by atoms with E-state index in [-0.39, 0.29) is 6.61 Å². The second-order valence-electron chi connectivity index (χ2n) is 6.76. The minimum atomic E-state index is -0.562. The summed E-state index contributed by atoms with van der Waals surface area (Å²) in [6, 6.07) is 14.4. The normalized spacial score (nSPS) is 15.2. The minimum Gasteiger partial charge on any atom is -0.497 e. The topological polar surface area (TPSA) is 87.5 Å². The van der Waals surface area contributed by atoms with Gasteiger partial charge in [-0.05, 0) is 24.6 Å². The number of nitrogens with one attached hydrogen (secondary N) is 1. The Morgan fingerprint density at radius 2 is 1.93 bits per heavy atom. The van der Waals surface area contributed by atoms with Crippen LogP contribution in [-0.4, -0.2) is 35.0 Å². The Morgan fingerprint density at radius 1 is 1.13 bits per heavy atom. The number of esters is 1. The summed E-state index contributed by atoms with van der Waals surface area (Å²) in [5.41, 5.74) is 2.74. The van der Waals surface area contributed by atoms with E-state index in [9.17, 15) is 4.79 Å². The van der Waals surface area contributed by atoms with Gasteiger partial charge in [0.25, 0.3) is 0 Å². The van der Waals surface area contributed by atoms with E-state index < -0.39 is 12.0 Å². The number of allylic oxidation sites excluding steroid dienone is 1. The molecular formula is C22H22N4O4. The predicted molar refractivity (Wildman–Crippen MR) is 110 cm³/mol. The molecule has 8 heteroatoms. The summed E-state index contributed by atoms with van der Waals surface area (Å²) in [5, 5.41) is 7.46. The van der Waals surface area contributed by atoms with Crippen LogP contribution in [0, 0.1) is 0 Å². The molecule has 1 aliphatic rings. The lowest BCUT2D eigenvalue weighted by Crippen LogP contribution is -2.30. The highest BCUT2D eigenvalue weighted by molar-refractivity contribution is 5.92. The van der Waals surface area contributed by atoms with Crippen LogP contribution in [0.4, 0.5) is 5.95 Å². The molecule has 1 aliphatic heterocycles. The molecule has 2 aromatic carbocycles. The van der Waals surface area contributed by atoms with E-state index in [1.165, 1.54) is 6.33 Å². The highest BCUT2D eigenvalue weighted by Crippen LogP contribution is 2.40. The summed E-state index contributed by atoms with van der Waals surface area (Å²) in [4.78, 5) is 17.4. The van der Waals surface area contributed by atoms with Crippen LogP contribution in [0.5, 0.6) is 11.5 Å². The maximum absolute atomic E-state index is 13.2. The number of methoxy groups -OCH3 is 2. The van der Waals surface area contributed by atoms with Gasteiger partial charge in [-0.2, -0.15) is 10.1 Å². The smallest absolute Gasteiger partial charge is 0.338 e. The highest BCUT2D eigenvalue weighted by Gasteiger charge is 2.36. The zero-order chi connectivity index (χ0) is 21.1. The van der Waals surface area contributed by atoms with Crippen LogP contribution in [0.2, 0.25) is 0 Å². The van der Waals surface area contributed by atoms with E-state index >= 15 is 0 Å². The van der Waals surface area contributed by atoms with Crippen LogP contribution >= 0.6 is 0 Å². The molecule has 1 N–H and O–H groups in total. The van der Waals surface area contributed by atoms with Gasteiger partial charge in [0, 0.05) is 17.3 Å². The summed E-state index contributed by atoms with van der Waals surface area (Å²) in [6.07, 6.45) is 1.44. The van der Waals surface area contributed by atoms with Gasteiger partial charge in [0.05, 0.1) is 19.8 Å². The molecule has 1 atom stereocenters. The molecular weight excluding hydrogens is 384 g/mol. The summed E-state index contributed by atoms with van der Waals surface area (Å²) in [6.45, 7) is 1.99. The number of benzene rings is 2. The molecule has 0 fully saturated rings. The highest BCUT2D eigenvalue weighted by atomic mass is 16.5. The zero-order valence-corrected chi connectivity index (χ0v) is 17.0. The van der Waals surface area contributed by atoms with Gasteiger partial charge in [-0.25, -0.2) is 9.48 Å². The Balaban J connectivity index is 1.73. The van der Waals surface area contributed by atoms with Gasteiger partial charge in [0.15, 0.2) is 0 Å². The number of carbonyl (C=O) groups is 1. The van der Waals surface area contributed by atoms with Crippen molar-refractivity contribution in [2.45, 2.75) is 19.6 Å². The molecule has 2 heterocycles. The first kappa shape index (κ1) is 19.5. The molecule has 1 aromatic heterocycles. The quantitative estimate of drug-likeness (QED) is 0.628. The molecule has 0 bridgehead atoms. The molecule has 0 unspecified atom stereocenters. The zero-order valence-electron chi connectivity index (χ0n) is 17.0. The van der Waals surface area contributed by atoms with E-state index in [1.54, 1.807) is 25.0 Å². The van der Waals surface area contributed by atoms with E-state index in [1.807, 2.05) is 49.4 Å². The maximum atomic E-state index is 13.2. The molecule has 4 rings (SSSR count). The summed E-state index contributed by atoms with van der Waals surface area (Å²) < 4.78 is 18.2. The first-order valence-corrected chi connectivity index (χ1v) is 9.42. The van der Waals surface area contributed by atoms with Crippen LogP contribution in [-0.2, 0) is 16.1 Å². The summed E-state index contributed by atoms with van der Waals surface area (Å²) >= 11 is 0. The largest absolute Gasteiger partial charge is 0.497 e. The summed E-state index contributed by atoms with van der Waals surface area (Å²) in [7, 11) is 3.16. The molecule has 0 saturated carbocycles.